The third kappa shape index (κ3) is 3.29. The Bertz CT molecular complexity index is 823. The summed E-state index contributed by atoms with van der Waals surface area (Å²) in [7, 11) is -3.37. The van der Waals surface area contributed by atoms with Gasteiger partial charge >= 0.3 is 0 Å². The molecule has 6 heteroatoms. The highest BCUT2D eigenvalue weighted by molar-refractivity contribution is 7.89. The van der Waals surface area contributed by atoms with Gasteiger partial charge in [0.25, 0.3) is 0 Å². The zero-order valence-electron chi connectivity index (χ0n) is 14.0. The van der Waals surface area contributed by atoms with Crippen LogP contribution in [0.2, 0.25) is 0 Å². The lowest BCUT2D eigenvalue weighted by atomic mass is 10.0. The standard InChI is InChI=1S/C19H22N2O3S/c22-18-8-6-15(7-9-18)10-20-11-16-13-21(14-17(16)12-20)25(23,24)19-4-2-1-3-5-19/h1-9,16-17,22H,10-14H2/t16-,17-/m1/s1. The molecule has 0 saturated carbocycles. The zero-order chi connectivity index (χ0) is 17.4. The second-order valence-electron chi connectivity index (χ2n) is 7.02. The number of hydrogen-bond acceptors (Lipinski definition) is 4. The zero-order valence-corrected chi connectivity index (χ0v) is 14.8. The van der Waals surface area contributed by atoms with E-state index in [1.54, 1.807) is 40.7 Å². The first-order chi connectivity index (χ1) is 12.0. The summed E-state index contributed by atoms with van der Waals surface area (Å²) < 4.78 is 27.2. The Morgan fingerprint density at radius 2 is 1.48 bits per heavy atom. The van der Waals surface area contributed by atoms with E-state index in [-0.39, 0.29) is 5.75 Å². The molecule has 0 radical (unpaired) electrons. The first-order valence-electron chi connectivity index (χ1n) is 8.58. The van der Waals surface area contributed by atoms with E-state index in [9.17, 15) is 13.5 Å². The summed E-state index contributed by atoms with van der Waals surface area (Å²) in [5, 5.41) is 9.37. The van der Waals surface area contributed by atoms with Gasteiger partial charge in [0.1, 0.15) is 5.75 Å². The van der Waals surface area contributed by atoms with E-state index in [0.29, 0.717) is 29.8 Å². The summed E-state index contributed by atoms with van der Waals surface area (Å²) in [5.41, 5.74) is 1.17. The molecule has 2 atom stereocenters. The second-order valence-corrected chi connectivity index (χ2v) is 8.95. The lowest BCUT2D eigenvalue weighted by Crippen LogP contribution is -2.33. The highest BCUT2D eigenvalue weighted by atomic mass is 32.2. The van der Waals surface area contributed by atoms with Crippen molar-refractivity contribution in [2.24, 2.45) is 11.8 Å². The van der Waals surface area contributed by atoms with Crippen molar-refractivity contribution < 1.29 is 13.5 Å². The maximum Gasteiger partial charge on any atom is 0.243 e. The number of phenolic OH excluding ortho intramolecular Hbond substituents is 1. The lowest BCUT2D eigenvalue weighted by Gasteiger charge is -2.21. The van der Waals surface area contributed by atoms with E-state index in [2.05, 4.69) is 4.90 Å². The summed E-state index contributed by atoms with van der Waals surface area (Å²) in [5.74, 6) is 1.08. The number of nitrogens with zero attached hydrogens (tertiary/aromatic N) is 2. The molecule has 2 aliphatic rings. The van der Waals surface area contributed by atoms with Gasteiger partial charge in [0.2, 0.25) is 10.0 Å². The van der Waals surface area contributed by atoms with Crippen LogP contribution in [0.5, 0.6) is 5.75 Å². The molecule has 2 saturated heterocycles. The maximum atomic E-state index is 12.8. The molecule has 2 aliphatic heterocycles. The number of benzene rings is 2. The monoisotopic (exact) mass is 358 g/mol. The van der Waals surface area contributed by atoms with Crippen molar-refractivity contribution >= 4 is 10.0 Å². The fourth-order valence-electron chi connectivity index (χ4n) is 3.97. The molecule has 0 aromatic heterocycles. The number of rotatable bonds is 4. The van der Waals surface area contributed by atoms with E-state index in [4.69, 9.17) is 0 Å². The normalized spacial score (nSPS) is 24.5. The molecule has 4 rings (SSSR count). The average molecular weight is 358 g/mol. The topological polar surface area (TPSA) is 60.9 Å². The van der Waals surface area contributed by atoms with Crippen LogP contribution >= 0.6 is 0 Å². The van der Waals surface area contributed by atoms with E-state index < -0.39 is 10.0 Å². The number of sulfonamides is 1. The maximum absolute atomic E-state index is 12.8. The van der Waals surface area contributed by atoms with Crippen LogP contribution in [0.4, 0.5) is 0 Å². The minimum atomic E-state index is -3.37. The van der Waals surface area contributed by atoms with Crippen molar-refractivity contribution in [3.05, 3.63) is 60.2 Å². The smallest absolute Gasteiger partial charge is 0.243 e. The van der Waals surface area contributed by atoms with Crippen LogP contribution in [-0.4, -0.2) is 48.9 Å². The van der Waals surface area contributed by atoms with Gasteiger partial charge < -0.3 is 5.11 Å². The molecular weight excluding hydrogens is 336 g/mol. The largest absolute Gasteiger partial charge is 0.508 e. The number of fused-ring (bicyclic) bond motifs is 1. The Labute approximate surface area is 148 Å². The lowest BCUT2D eigenvalue weighted by molar-refractivity contribution is 0.289. The van der Waals surface area contributed by atoms with Gasteiger partial charge in [-0.2, -0.15) is 4.31 Å². The number of hydrogen-bond donors (Lipinski definition) is 1. The van der Waals surface area contributed by atoms with E-state index in [1.165, 1.54) is 5.56 Å². The van der Waals surface area contributed by atoms with Gasteiger partial charge in [-0.05, 0) is 41.7 Å². The van der Waals surface area contributed by atoms with Crippen molar-refractivity contribution in [2.75, 3.05) is 26.2 Å². The summed E-state index contributed by atoms with van der Waals surface area (Å²) in [4.78, 5) is 2.77. The van der Waals surface area contributed by atoms with Gasteiger partial charge in [-0.25, -0.2) is 8.42 Å². The highest BCUT2D eigenvalue weighted by Gasteiger charge is 2.44. The number of phenols is 1. The van der Waals surface area contributed by atoms with Crippen LogP contribution in [0.25, 0.3) is 0 Å². The molecular formula is C19H22N2O3S. The molecule has 0 bridgehead atoms. The third-order valence-corrected chi connectivity index (χ3v) is 7.10. The molecule has 0 unspecified atom stereocenters. The Kier molecular flexibility index (Phi) is 4.27. The number of likely N-dealkylation sites (tertiary alicyclic amines) is 1. The molecule has 2 fully saturated rings. The van der Waals surface area contributed by atoms with Crippen molar-refractivity contribution in [3.63, 3.8) is 0 Å². The summed E-state index contributed by atoms with van der Waals surface area (Å²) in [6, 6.07) is 16.0. The van der Waals surface area contributed by atoms with Crippen molar-refractivity contribution in [3.8, 4) is 5.75 Å². The Morgan fingerprint density at radius 1 is 0.880 bits per heavy atom. The Morgan fingerprint density at radius 3 is 2.08 bits per heavy atom. The molecule has 0 amide bonds. The molecule has 2 aromatic carbocycles. The van der Waals surface area contributed by atoms with Gasteiger partial charge in [0.05, 0.1) is 4.90 Å². The summed E-state index contributed by atoms with van der Waals surface area (Å²) >= 11 is 0. The quantitative estimate of drug-likeness (QED) is 0.910. The first-order valence-corrected chi connectivity index (χ1v) is 10.0. The van der Waals surface area contributed by atoms with Crippen molar-refractivity contribution in [1.29, 1.82) is 0 Å². The first kappa shape index (κ1) is 16.6. The SMILES string of the molecule is O=S(=O)(c1ccccc1)N1C[C@H]2CN(Cc3ccc(O)cc3)C[C@@H]2C1. The molecule has 132 valence electrons. The predicted octanol–water partition coefficient (Wildman–Crippen LogP) is 2.14. The second kappa shape index (κ2) is 6.44. The van der Waals surface area contributed by atoms with Crippen LogP contribution in [0, 0.1) is 11.8 Å². The van der Waals surface area contributed by atoms with Gasteiger partial charge in [-0.1, -0.05) is 30.3 Å². The van der Waals surface area contributed by atoms with Crippen LogP contribution in [0.15, 0.2) is 59.5 Å². The summed E-state index contributed by atoms with van der Waals surface area (Å²) in [6.07, 6.45) is 0. The minimum absolute atomic E-state index is 0.281. The van der Waals surface area contributed by atoms with Crippen LogP contribution in [0.3, 0.4) is 0 Å². The fourth-order valence-corrected chi connectivity index (χ4v) is 5.55. The fraction of sp³-hybridized carbons (Fsp3) is 0.368. The Hall–Kier alpha value is -1.89. The van der Waals surface area contributed by atoms with E-state index in [1.807, 2.05) is 18.2 Å². The van der Waals surface area contributed by atoms with Gasteiger partial charge in [0.15, 0.2) is 0 Å². The molecule has 2 aromatic rings. The van der Waals surface area contributed by atoms with E-state index in [0.717, 1.165) is 19.6 Å². The molecule has 0 spiro atoms. The summed E-state index contributed by atoms with van der Waals surface area (Å²) in [6.45, 7) is 3.90. The van der Waals surface area contributed by atoms with Crippen molar-refractivity contribution in [2.45, 2.75) is 11.4 Å². The van der Waals surface area contributed by atoms with Crippen LogP contribution in [0.1, 0.15) is 5.56 Å². The minimum Gasteiger partial charge on any atom is -0.508 e. The molecule has 5 nitrogen and oxygen atoms in total. The van der Waals surface area contributed by atoms with Gasteiger partial charge in [-0.15, -0.1) is 0 Å². The number of aromatic hydroxyl groups is 1. The van der Waals surface area contributed by atoms with Crippen molar-refractivity contribution in [1.82, 2.24) is 9.21 Å². The van der Waals surface area contributed by atoms with E-state index >= 15 is 0 Å². The predicted molar refractivity (Wildman–Crippen MR) is 95.6 cm³/mol. The third-order valence-electron chi connectivity index (χ3n) is 5.25. The van der Waals surface area contributed by atoms with Crippen LogP contribution in [-0.2, 0) is 16.6 Å². The average Bonchev–Trinajstić information content (AvgIpc) is 3.17. The molecule has 1 N–H and O–H groups in total. The molecule has 2 heterocycles. The van der Waals surface area contributed by atoms with Gasteiger partial charge in [0, 0.05) is 32.7 Å². The highest BCUT2D eigenvalue weighted by Crippen LogP contribution is 2.34. The molecule has 25 heavy (non-hydrogen) atoms. The van der Waals surface area contributed by atoms with Crippen LogP contribution < -0.4 is 0 Å². The Balaban J connectivity index is 1.40. The molecule has 0 aliphatic carbocycles. The van der Waals surface area contributed by atoms with Gasteiger partial charge in [-0.3, -0.25) is 4.90 Å².